The summed E-state index contributed by atoms with van der Waals surface area (Å²) in [6.07, 6.45) is 2.12. The molecular weight excluding hydrogens is 424 g/mol. The molecule has 0 aromatic rings. The van der Waals surface area contributed by atoms with Crippen molar-refractivity contribution in [2.45, 2.75) is 96.6 Å². The van der Waals surface area contributed by atoms with Crippen LogP contribution < -0.4 is 0 Å². The van der Waals surface area contributed by atoms with Crippen molar-refractivity contribution in [3.8, 4) is 0 Å². The third-order valence-electron chi connectivity index (χ3n) is 11.2. The molecule has 7 nitrogen and oxygen atoms in total. The van der Waals surface area contributed by atoms with E-state index in [1.165, 1.54) is 0 Å². The topological polar surface area (TPSA) is 138 Å². The van der Waals surface area contributed by atoms with E-state index in [9.17, 15) is 30.3 Å². The van der Waals surface area contributed by atoms with Crippen LogP contribution in [0, 0.1) is 52.3 Å². The smallest absolute Gasteiger partial charge is 0.303 e. The Morgan fingerprint density at radius 2 is 1.67 bits per heavy atom. The normalized spacial score (nSPS) is 51.2. The predicted molar refractivity (Wildman–Crippen MR) is 122 cm³/mol. The molecule has 0 aliphatic heterocycles. The van der Waals surface area contributed by atoms with Crippen LogP contribution in [0.15, 0.2) is 0 Å². The second-order valence-electron chi connectivity index (χ2n) is 12.3. The van der Waals surface area contributed by atoms with Gasteiger partial charge in [-0.15, -0.1) is 0 Å². The molecule has 0 heterocycles. The van der Waals surface area contributed by atoms with Gasteiger partial charge in [0.25, 0.3) is 0 Å². The maximum atomic E-state index is 11.6. The van der Waals surface area contributed by atoms with E-state index in [1.807, 2.05) is 0 Å². The Morgan fingerprint density at radius 3 is 2.30 bits per heavy atom. The molecular formula is C26H44O7. The highest BCUT2D eigenvalue weighted by Gasteiger charge is 2.67. The van der Waals surface area contributed by atoms with E-state index in [0.29, 0.717) is 32.1 Å². The van der Waals surface area contributed by atoms with Crippen LogP contribution in [0.25, 0.3) is 0 Å². The molecule has 6 N–H and O–H groups in total. The van der Waals surface area contributed by atoms with Crippen molar-refractivity contribution in [1.29, 1.82) is 0 Å². The van der Waals surface area contributed by atoms with E-state index in [-0.39, 0.29) is 65.3 Å². The van der Waals surface area contributed by atoms with Gasteiger partial charge in [0, 0.05) is 6.42 Å². The van der Waals surface area contributed by atoms with Crippen molar-refractivity contribution >= 4 is 5.97 Å². The van der Waals surface area contributed by atoms with Gasteiger partial charge in [-0.3, -0.25) is 4.79 Å². The zero-order chi connectivity index (χ0) is 24.3. The molecule has 4 saturated carbocycles. The van der Waals surface area contributed by atoms with Crippen LogP contribution in [0.5, 0.6) is 0 Å². The van der Waals surface area contributed by atoms with Gasteiger partial charge in [-0.2, -0.15) is 0 Å². The molecule has 13 atom stereocenters. The molecule has 0 amide bonds. The fourth-order valence-electron chi connectivity index (χ4n) is 9.55. The van der Waals surface area contributed by atoms with Crippen molar-refractivity contribution in [2.75, 3.05) is 6.61 Å². The second-order valence-corrected chi connectivity index (χ2v) is 12.3. The highest BCUT2D eigenvalue weighted by atomic mass is 16.4. The fraction of sp³-hybridized carbons (Fsp3) is 0.962. The minimum Gasteiger partial charge on any atom is -0.481 e. The van der Waals surface area contributed by atoms with Gasteiger partial charge in [0.2, 0.25) is 0 Å². The van der Waals surface area contributed by atoms with E-state index < -0.39 is 30.4 Å². The molecule has 33 heavy (non-hydrogen) atoms. The summed E-state index contributed by atoms with van der Waals surface area (Å²) in [5.74, 6) is -0.504. The number of carboxylic acids is 1. The Morgan fingerprint density at radius 1 is 0.970 bits per heavy atom. The lowest BCUT2D eigenvalue weighted by Crippen LogP contribution is -2.65. The van der Waals surface area contributed by atoms with Crippen molar-refractivity contribution in [3.05, 3.63) is 0 Å². The summed E-state index contributed by atoms with van der Waals surface area (Å²) < 4.78 is 0. The monoisotopic (exact) mass is 468 g/mol. The lowest BCUT2D eigenvalue weighted by Gasteiger charge is -2.66. The summed E-state index contributed by atoms with van der Waals surface area (Å²) in [6.45, 7) is 6.06. The number of carboxylic acid groups (broad SMARTS) is 1. The van der Waals surface area contributed by atoms with Gasteiger partial charge in [0.05, 0.1) is 31.0 Å². The van der Waals surface area contributed by atoms with Crippen molar-refractivity contribution in [1.82, 2.24) is 0 Å². The number of rotatable bonds is 6. The quantitative estimate of drug-likeness (QED) is 0.351. The number of aliphatic hydroxyl groups is 5. The van der Waals surface area contributed by atoms with Crippen LogP contribution >= 0.6 is 0 Å². The van der Waals surface area contributed by atoms with Crippen LogP contribution in [-0.2, 0) is 4.79 Å². The maximum Gasteiger partial charge on any atom is 0.303 e. The van der Waals surface area contributed by atoms with E-state index >= 15 is 0 Å². The minimum atomic E-state index is -0.929. The lowest BCUT2D eigenvalue weighted by molar-refractivity contribution is -0.234. The van der Waals surface area contributed by atoms with Crippen LogP contribution in [-0.4, -0.2) is 67.6 Å². The second kappa shape index (κ2) is 9.05. The third kappa shape index (κ3) is 3.86. The van der Waals surface area contributed by atoms with Gasteiger partial charge in [-0.1, -0.05) is 20.8 Å². The number of aliphatic hydroxyl groups excluding tert-OH is 5. The van der Waals surface area contributed by atoms with Crippen LogP contribution in [0.1, 0.15) is 72.1 Å². The number of hydrogen-bond donors (Lipinski definition) is 6. The first kappa shape index (κ1) is 25.4. The molecule has 4 aliphatic carbocycles. The predicted octanol–water partition coefficient (Wildman–Crippen LogP) is 2.03. The Labute approximate surface area is 197 Å². The molecule has 4 aliphatic rings. The van der Waals surface area contributed by atoms with Crippen LogP contribution in [0.3, 0.4) is 0 Å². The molecule has 4 rings (SSSR count). The van der Waals surface area contributed by atoms with Gasteiger partial charge in [0.1, 0.15) is 0 Å². The van der Waals surface area contributed by atoms with Crippen molar-refractivity contribution < 1.29 is 35.4 Å². The number of carbonyl (C=O) groups is 1. The van der Waals surface area contributed by atoms with Gasteiger partial charge in [-0.25, -0.2) is 0 Å². The zero-order valence-corrected chi connectivity index (χ0v) is 20.3. The molecule has 4 fully saturated rings. The summed E-state index contributed by atoms with van der Waals surface area (Å²) in [5, 5.41) is 63.3. The number of hydrogen-bond acceptors (Lipinski definition) is 6. The minimum absolute atomic E-state index is 0.0000375. The van der Waals surface area contributed by atoms with E-state index in [1.54, 1.807) is 0 Å². The molecule has 0 aromatic carbocycles. The first-order valence-corrected chi connectivity index (χ1v) is 13.0. The third-order valence-corrected chi connectivity index (χ3v) is 11.2. The summed E-state index contributed by atoms with van der Waals surface area (Å²) in [7, 11) is 0. The van der Waals surface area contributed by atoms with E-state index in [4.69, 9.17) is 5.11 Å². The molecule has 13 unspecified atom stereocenters. The van der Waals surface area contributed by atoms with Gasteiger partial charge < -0.3 is 30.6 Å². The highest BCUT2D eigenvalue weighted by molar-refractivity contribution is 5.66. The molecule has 0 saturated heterocycles. The van der Waals surface area contributed by atoms with Crippen LogP contribution in [0.2, 0.25) is 0 Å². The molecule has 0 bridgehead atoms. The summed E-state index contributed by atoms with van der Waals surface area (Å²) >= 11 is 0. The molecule has 190 valence electrons. The van der Waals surface area contributed by atoms with Gasteiger partial charge >= 0.3 is 5.97 Å². The summed E-state index contributed by atoms with van der Waals surface area (Å²) in [6, 6.07) is 0. The Kier molecular flexibility index (Phi) is 6.96. The summed E-state index contributed by atoms with van der Waals surface area (Å²) in [5.41, 5.74) is -0.747. The molecule has 0 radical (unpaired) electrons. The number of fused-ring (bicyclic) bond motifs is 5. The number of aliphatic carboxylic acids is 1. The molecule has 0 aromatic heterocycles. The highest BCUT2D eigenvalue weighted by Crippen LogP contribution is 2.69. The molecule has 0 spiro atoms. The average molecular weight is 469 g/mol. The van der Waals surface area contributed by atoms with E-state index in [0.717, 1.165) is 12.8 Å². The maximum absolute atomic E-state index is 11.6. The SMILES string of the molecule is CC(CCC(=O)O)C1CCC2C3C(O)CC4CC(O)CC(C(O)CO)C4(C)C3CC(O)C12C. The zero-order valence-electron chi connectivity index (χ0n) is 20.3. The van der Waals surface area contributed by atoms with Gasteiger partial charge in [0.15, 0.2) is 0 Å². The Balaban J connectivity index is 1.67. The first-order chi connectivity index (χ1) is 15.5. The van der Waals surface area contributed by atoms with Crippen molar-refractivity contribution in [3.63, 3.8) is 0 Å². The average Bonchev–Trinajstić information content (AvgIpc) is 3.11. The Bertz CT molecular complexity index is 729. The summed E-state index contributed by atoms with van der Waals surface area (Å²) in [4.78, 5) is 11.1. The standard InChI is InChI=1S/C26H44O7/c1-13(4-7-23(32)33)16-5-6-17-24-19(11-22(31)26(16,17)3)25(2)14(9-20(24)29)8-15(28)10-18(25)21(30)12-27/h13-22,24,27-31H,4-12H2,1-3H3,(H,32,33). The largest absolute Gasteiger partial charge is 0.481 e. The first-order valence-electron chi connectivity index (χ1n) is 13.0. The molecule has 7 heteroatoms. The lowest BCUT2D eigenvalue weighted by atomic mass is 9.40. The van der Waals surface area contributed by atoms with Gasteiger partial charge in [-0.05, 0) is 97.2 Å². The van der Waals surface area contributed by atoms with E-state index in [2.05, 4.69) is 20.8 Å². The van der Waals surface area contributed by atoms with Crippen molar-refractivity contribution in [2.24, 2.45) is 52.3 Å². The fourth-order valence-corrected chi connectivity index (χ4v) is 9.55. The van der Waals surface area contributed by atoms with Crippen LogP contribution in [0.4, 0.5) is 0 Å². The Hall–Kier alpha value is -0.730.